The van der Waals surface area contributed by atoms with Crippen molar-refractivity contribution in [2.45, 2.75) is 12.5 Å². The minimum atomic E-state index is -3.11. The zero-order chi connectivity index (χ0) is 10.9. The molecule has 0 heterocycles. The smallest absolute Gasteiger partial charge is 0.425 e. The van der Waals surface area contributed by atoms with Crippen LogP contribution in [0, 0.1) is 0 Å². The van der Waals surface area contributed by atoms with Gasteiger partial charge in [0.25, 0.3) is 0 Å². The van der Waals surface area contributed by atoms with Gasteiger partial charge in [-0.15, -0.1) is 12.6 Å². The molecular formula is C5H11NO5S2. The molecule has 0 saturated carbocycles. The Morgan fingerprint density at radius 1 is 1.54 bits per heavy atom. The number of carboxylic acid groups (broad SMARTS) is 1. The lowest BCUT2D eigenvalue weighted by Crippen LogP contribution is -2.30. The summed E-state index contributed by atoms with van der Waals surface area (Å²) in [6.45, 7) is 0. The van der Waals surface area contributed by atoms with E-state index in [1.165, 1.54) is 0 Å². The van der Waals surface area contributed by atoms with E-state index in [4.69, 9.17) is 23.5 Å². The van der Waals surface area contributed by atoms with E-state index in [0.29, 0.717) is 6.42 Å². The van der Waals surface area contributed by atoms with Crippen LogP contribution < -0.4 is 5.73 Å². The summed E-state index contributed by atoms with van der Waals surface area (Å²) >= 11 is 1.60. The van der Waals surface area contributed by atoms with E-state index < -0.39 is 22.6 Å². The van der Waals surface area contributed by atoms with Gasteiger partial charge < -0.3 is 10.8 Å². The predicted octanol–water partition coefficient (Wildman–Crippen LogP) is -0.853. The van der Waals surface area contributed by atoms with Crippen molar-refractivity contribution in [3.8, 4) is 0 Å². The second-order valence-corrected chi connectivity index (χ2v) is 3.32. The standard InChI is InChI=1S/C5H11NO2S.O3S/c1-9-3-2-4(6)5(7)8;1-4(2)3/h4H,2-3,6H2,1H3,(H,7,8);/t4-;/m0./s1. The molecule has 0 rings (SSSR count). The van der Waals surface area contributed by atoms with Crippen LogP contribution in [0.2, 0.25) is 0 Å². The fraction of sp³-hybridized carbons (Fsp3) is 0.800. The highest BCUT2D eigenvalue weighted by molar-refractivity contribution is 7.98. The highest BCUT2D eigenvalue weighted by atomic mass is 32.2. The van der Waals surface area contributed by atoms with Crippen LogP contribution in [-0.4, -0.2) is 41.8 Å². The van der Waals surface area contributed by atoms with Crippen molar-refractivity contribution < 1.29 is 22.5 Å². The number of carbonyl (C=O) groups is 1. The fourth-order valence-corrected chi connectivity index (χ4v) is 0.858. The molecule has 8 heteroatoms. The van der Waals surface area contributed by atoms with Gasteiger partial charge in [-0.2, -0.15) is 11.8 Å². The topological polar surface area (TPSA) is 115 Å². The molecule has 1 atom stereocenters. The first-order valence-corrected chi connectivity index (χ1v) is 5.55. The Kier molecular flexibility index (Phi) is 10.9. The summed E-state index contributed by atoms with van der Waals surface area (Å²) in [5.41, 5.74) is 5.19. The lowest BCUT2D eigenvalue weighted by Gasteiger charge is -2.02. The monoisotopic (exact) mass is 229 g/mol. The van der Waals surface area contributed by atoms with Gasteiger partial charge in [-0.1, -0.05) is 0 Å². The molecule has 3 N–H and O–H groups in total. The maximum atomic E-state index is 10.1. The first kappa shape index (κ1) is 14.9. The van der Waals surface area contributed by atoms with E-state index >= 15 is 0 Å². The van der Waals surface area contributed by atoms with Crippen LogP contribution in [-0.2, 0) is 15.4 Å². The summed E-state index contributed by atoms with van der Waals surface area (Å²) in [6, 6.07) is -0.683. The fourth-order valence-electron chi connectivity index (χ4n) is 0.368. The number of aliphatic carboxylic acids is 1. The first-order chi connectivity index (χ1) is 5.91. The normalized spacial score (nSPS) is 10.9. The Morgan fingerprint density at radius 3 is 2.15 bits per heavy atom. The molecule has 0 aromatic rings. The molecule has 0 saturated heterocycles. The molecule has 0 radical (unpaired) electrons. The summed E-state index contributed by atoms with van der Waals surface area (Å²) in [5, 5.41) is 8.27. The number of carboxylic acids is 1. The third kappa shape index (κ3) is 18.4. The summed E-state index contributed by atoms with van der Waals surface area (Å²) in [5.74, 6) is -0.1000. The third-order valence-electron chi connectivity index (χ3n) is 0.950. The molecular weight excluding hydrogens is 218 g/mol. The summed E-state index contributed by atoms with van der Waals surface area (Å²) < 4.78 is 25.3. The number of hydrogen-bond acceptors (Lipinski definition) is 6. The molecule has 78 valence electrons. The van der Waals surface area contributed by atoms with E-state index in [9.17, 15) is 4.79 Å². The Morgan fingerprint density at radius 2 is 1.92 bits per heavy atom. The van der Waals surface area contributed by atoms with E-state index in [2.05, 4.69) is 0 Å². The van der Waals surface area contributed by atoms with Crippen molar-refractivity contribution >= 4 is 28.3 Å². The van der Waals surface area contributed by atoms with E-state index in [-0.39, 0.29) is 0 Å². The summed E-state index contributed by atoms with van der Waals surface area (Å²) in [7, 11) is -3.11. The lowest BCUT2D eigenvalue weighted by molar-refractivity contribution is -0.138. The van der Waals surface area contributed by atoms with Gasteiger partial charge in [-0.3, -0.25) is 4.79 Å². The zero-order valence-corrected chi connectivity index (χ0v) is 8.60. The van der Waals surface area contributed by atoms with Gasteiger partial charge in [-0.05, 0) is 18.4 Å². The van der Waals surface area contributed by atoms with Crippen LogP contribution >= 0.6 is 11.8 Å². The van der Waals surface area contributed by atoms with Crippen LogP contribution in [0.25, 0.3) is 0 Å². The largest absolute Gasteiger partial charge is 0.480 e. The number of thioether (sulfide) groups is 1. The molecule has 0 aliphatic rings. The summed E-state index contributed by atoms with van der Waals surface area (Å²) in [6.07, 6.45) is 2.48. The van der Waals surface area contributed by atoms with Gasteiger partial charge in [0.05, 0.1) is 0 Å². The Hall–Kier alpha value is -0.600. The van der Waals surface area contributed by atoms with Crippen molar-refractivity contribution in [1.29, 1.82) is 0 Å². The third-order valence-corrected chi connectivity index (χ3v) is 1.59. The average molecular weight is 229 g/mol. The van der Waals surface area contributed by atoms with Crippen LogP contribution in [0.3, 0.4) is 0 Å². The van der Waals surface area contributed by atoms with Crippen LogP contribution in [0.1, 0.15) is 6.42 Å². The minimum absolute atomic E-state index is 0.552. The molecule has 0 aliphatic carbocycles. The van der Waals surface area contributed by atoms with Crippen molar-refractivity contribution in [2.24, 2.45) is 5.73 Å². The zero-order valence-electron chi connectivity index (χ0n) is 6.97. The van der Waals surface area contributed by atoms with Gasteiger partial charge in [-0.25, -0.2) is 0 Å². The van der Waals surface area contributed by atoms with Gasteiger partial charge in [0.15, 0.2) is 0 Å². The highest BCUT2D eigenvalue weighted by Crippen LogP contribution is 1.97. The van der Waals surface area contributed by atoms with E-state index in [0.717, 1.165) is 5.75 Å². The number of rotatable bonds is 4. The van der Waals surface area contributed by atoms with Crippen molar-refractivity contribution in [3.05, 3.63) is 0 Å². The van der Waals surface area contributed by atoms with Crippen molar-refractivity contribution in [1.82, 2.24) is 0 Å². The van der Waals surface area contributed by atoms with Crippen LogP contribution in [0.4, 0.5) is 0 Å². The van der Waals surface area contributed by atoms with Gasteiger partial charge >= 0.3 is 16.6 Å². The average Bonchev–Trinajstić information content (AvgIpc) is 1.98. The molecule has 13 heavy (non-hydrogen) atoms. The van der Waals surface area contributed by atoms with E-state index in [1.807, 2.05) is 6.26 Å². The molecule has 0 aliphatic heterocycles. The number of nitrogens with two attached hydrogens (primary N) is 1. The maximum absolute atomic E-state index is 10.1. The van der Waals surface area contributed by atoms with Gasteiger partial charge in [0, 0.05) is 0 Å². The maximum Gasteiger partial charge on any atom is 0.425 e. The number of hydrogen-bond donors (Lipinski definition) is 2. The minimum Gasteiger partial charge on any atom is -0.480 e. The molecule has 0 spiro atoms. The van der Waals surface area contributed by atoms with Crippen LogP contribution in [0.5, 0.6) is 0 Å². The molecule has 0 fully saturated rings. The van der Waals surface area contributed by atoms with Gasteiger partial charge in [0.1, 0.15) is 6.04 Å². The first-order valence-electron chi connectivity index (χ1n) is 3.15. The second kappa shape index (κ2) is 9.49. The predicted molar refractivity (Wildman–Crippen MR) is 48.3 cm³/mol. The molecule has 0 bridgehead atoms. The summed E-state index contributed by atoms with van der Waals surface area (Å²) in [4.78, 5) is 10.1. The Labute approximate surface area is 81.6 Å². The molecule has 0 amide bonds. The second-order valence-electron chi connectivity index (χ2n) is 1.93. The Balaban J connectivity index is 0. The molecule has 0 unspecified atom stereocenters. The van der Waals surface area contributed by atoms with E-state index in [1.54, 1.807) is 11.8 Å². The molecule has 0 aromatic carbocycles. The highest BCUT2D eigenvalue weighted by Gasteiger charge is 2.08. The molecule has 0 aromatic heterocycles. The SMILES string of the molecule is CSCC[C@H](N)C(=O)O.O=S(=O)=O. The Bertz CT molecular complexity index is 228. The quantitative estimate of drug-likeness (QED) is 0.645. The molecule has 6 nitrogen and oxygen atoms in total. The van der Waals surface area contributed by atoms with Crippen molar-refractivity contribution in [3.63, 3.8) is 0 Å². The van der Waals surface area contributed by atoms with Crippen molar-refractivity contribution in [2.75, 3.05) is 12.0 Å². The van der Waals surface area contributed by atoms with Gasteiger partial charge in [0.2, 0.25) is 0 Å². The van der Waals surface area contributed by atoms with Crippen LogP contribution in [0.15, 0.2) is 0 Å². The lowest BCUT2D eigenvalue weighted by atomic mass is 10.2.